The minimum atomic E-state index is -1.52. The molecule has 2 heterocycles. The average Bonchev–Trinajstić information content (AvgIpc) is 3.02. The highest BCUT2D eigenvalue weighted by Crippen LogP contribution is 2.29. The van der Waals surface area contributed by atoms with Crippen LogP contribution in [0, 0.1) is 13.8 Å². The van der Waals surface area contributed by atoms with Crippen LogP contribution >= 0.6 is 12.6 Å². The predicted molar refractivity (Wildman–Crippen MR) is 134 cm³/mol. The molecule has 1 amide bonds. The molecule has 176 valence electrons. The minimum absolute atomic E-state index is 0.223. The van der Waals surface area contributed by atoms with Crippen molar-refractivity contribution in [3.63, 3.8) is 0 Å². The van der Waals surface area contributed by atoms with Crippen molar-refractivity contribution in [3.05, 3.63) is 39.7 Å². The largest absolute Gasteiger partial charge is 0.374 e. The number of carbonyl (C=O) groups excluding carboxylic acids is 1. The first-order valence-electron chi connectivity index (χ1n) is 11.1. The van der Waals surface area contributed by atoms with E-state index in [1.54, 1.807) is 13.0 Å². The molecule has 0 spiro atoms. The zero-order valence-corrected chi connectivity index (χ0v) is 21.3. The predicted octanol–water partition coefficient (Wildman–Crippen LogP) is 4.19. The third-order valence-electron chi connectivity index (χ3n) is 6.10. The van der Waals surface area contributed by atoms with E-state index in [0.717, 1.165) is 52.1 Å². The van der Waals surface area contributed by atoms with Gasteiger partial charge in [-0.05, 0) is 77.2 Å². The molecule has 2 rings (SSSR count). The Morgan fingerprint density at radius 1 is 1.31 bits per heavy atom. The summed E-state index contributed by atoms with van der Waals surface area (Å²) in [5.74, 6) is -0.407. The summed E-state index contributed by atoms with van der Waals surface area (Å²) in [7, 11) is 0. The molecular weight excluding hydrogens is 422 g/mol. The lowest BCUT2D eigenvalue weighted by molar-refractivity contribution is -0.119. The van der Waals surface area contributed by atoms with Crippen LogP contribution in [0.25, 0.3) is 16.7 Å². The van der Waals surface area contributed by atoms with E-state index in [1.165, 1.54) is 6.92 Å². The van der Waals surface area contributed by atoms with E-state index in [-0.39, 0.29) is 4.91 Å². The third-order valence-corrected chi connectivity index (χ3v) is 6.43. The Hall–Kier alpha value is -2.16. The number of fused-ring (bicyclic) bond motifs is 1. The first-order valence-corrected chi connectivity index (χ1v) is 11.5. The van der Waals surface area contributed by atoms with E-state index in [4.69, 9.17) is 15.7 Å². The monoisotopic (exact) mass is 459 g/mol. The molecule has 0 bridgehead atoms. The van der Waals surface area contributed by atoms with Gasteiger partial charge in [0.25, 0.3) is 5.91 Å². The van der Waals surface area contributed by atoms with E-state index >= 15 is 0 Å². The number of aryl methyl sites for hydroxylation is 2. The second-order valence-corrected chi connectivity index (χ2v) is 9.26. The molecule has 0 saturated carbocycles. The Kier molecular flexibility index (Phi) is 8.31. The third kappa shape index (κ3) is 5.60. The van der Waals surface area contributed by atoms with Crippen LogP contribution in [0.3, 0.4) is 0 Å². The first kappa shape index (κ1) is 26.1. The molecule has 2 unspecified atom stereocenters. The summed E-state index contributed by atoms with van der Waals surface area (Å²) in [6.07, 6.45) is 5.91. The van der Waals surface area contributed by atoms with Crippen LogP contribution in [0.5, 0.6) is 0 Å². The molecule has 2 atom stereocenters. The zero-order chi connectivity index (χ0) is 24.4. The molecule has 0 saturated heterocycles. The summed E-state index contributed by atoms with van der Waals surface area (Å²) in [6.45, 7) is 15.3. The van der Waals surface area contributed by atoms with Crippen LogP contribution < -0.4 is 11.1 Å². The number of aliphatic hydroxyl groups is 1. The van der Waals surface area contributed by atoms with Gasteiger partial charge in [-0.2, -0.15) is 0 Å². The Morgan fingerprint density at radius 2 is 1.91 bits per heavy atom. The van der Waals surface area contributed by atoms with E-state index in [0.29, 0.717) is 6.04 Å². The SMILES string of the molecule is CCC(CC)n1cc(C)c2nc(/C(C)=C(C)/C=C(\S)C(=O)NC(C)C(C)(N)O)c(C)nc21. The molecule has 0 radical (unpaired) electrons. The van der Waals surface area contributed by atoms with Crippen molar-refractivity contribution >= 4 is 35.3 Å². The van der Waals surface area contributed by atoms with Crippen LogP contribution in [0.2, 0.25) is 0 Å². The lowest BCUT2D eigenvalue weighted by atomic mass is 10.0. The summed E-state index contributed by atoms with van der Waals surface area (Å²) < 4.78 is 2.24. The molecular formula is C24H37N5O2S. The number of carbonyl (C=O) groups is 1. The van der Waals surface area contributed by atoms with Gasteiger partial charge in [0.15, 0.2) is 5.65 Å². The van der Waals surface area contributed by atoms with Gasteiger partial charge in [0.05, 0.1) is 22.3 Å². The maximum Gasteiger partial charge on any atom is 0.257 e. The normalized spacial score (nSPS) is 16.2. The van der Waals surface area contributed by atoms with Gasteiger partial charge in [-0.15, -0.1) is 12.6 Å². The molecule has 0 aliphatic heterocycles. The summed E-state index contributed by atoms with van der Waals surface area (Å²) in [4.78, 5) is 22.5. The van der Waals surface area contributed by atoms with Gasteiger partial charge in [-0.25, -0.2) is 9.97 Å². The van der Waals surface area contributed by atoms with Gasteiger partial charge in [0.2, 0.25) is 0 Å². The maximum atomic E-state index is 12.4. The maximum absolute atomic E-state index is 12.4. The Morgan fingerprint density at radius 3 is 2.44 bits per heavy atom. The number of rotatable bonds is 8. The number of hydrogen-bond acceptors (Lipinski definition) is 6. The molecule has 0 aliphatic carbocycles. The van der Waals surface area contributed by atoms with Crippen molar-refractivity contribution < 1.29 is 9.90 Å². The number of nitrogens with zero attached hydrogens (tertiary/aromatic N) is 3. The van der Waals surface area contributed by atoms with Crippen molar-refractivity contribution in [1.29, 1.82) is 0 Å². The smallest absolute Gasteiger partial charge is 0.257 e. The second kappa shape index (κ2) is 10.2. The lowest BCUT2D eigenvalue weighted by Crippen LogP contribution is -2.55. The molecule has 0 aliphatic rings. The van der Waals surface area contributed by atoms with Crippen molar-refractivity contribution in [1.82, 2.24) is 19.9 Å². The number of nitrogens with one attached hydrogen (secondary N) is 1. The lowest BCUT2D eigenvalue weighted by Gasteiger charge is -2.26. The molecule has 8 heteroatoms. The van der Waals surface area contributed by atoms with Gasteiger partial charge < -0.3 is 20.7 Å². The van der Waals surface area contributed by atoms with E-state index in [9.17, 15) is 9.90 Å². The summed E-state index contributed by atoms with van der Waals surface area (Å²) in [6, 6.07) is -0.234. The number of allylic oxidation sites excluding steroid dienone is 3. The highest BCUT2D eigenvalue weighted by molar-refractivity contribution is 7.85. The van der Waals surface area contributed by atoms with Gasteiger partial charge in [0.1, 0.15) is 11.2 Å². The Labute approximate surface area is 196 Å². The number of nitrogens with two attached hydrogens (primary N) is 1. The van der Waals surface area contributed by atoms with Gasteiger partial charge in [-0.3, -0.25) is 4.79 Å². The van der Waals surface area contributed by atoms with Crippen LogP contribution in [0.4, 0.5) is 0 Å². The average molecular weight is 460 g/mol. The van der Waals surface area contributed by atoms with E-state index in [1.807, 2.05) is 20.8 Å². The van der Waals surface area contributed by atoms with Gasteiger partial charge in [0, 0.05) is 12.2 Å². The Bertz CT molecular complexity index is 1060. The molecule has 32 heavy (non-hydrogen) atoms. The summed E-state index contributed by atoms with van der Waals surface area (Å²) in [5.41, 5.74) is 10.4. The number of amides is 1. The highest BCUT2D eigenvalue weighted by Gasteiger charge is 2.25. The minimum Gasteiger partial charge on any atom is -0.374 e. The van der Waals surface area contributed by atoms with Crippen LogP contribution in [-0.2, 0) is 4.79 Å². The van der Waals surface area contributed by atoms with Crippen molar-refractivity contribution in [2.75, 3.05) is 0 Å². The fourth-order valence-electron chi connectivity index (χ4n) is 3.58. The molecule has 0 aromatic carbocycles. The van der Waals surface area contributed by atoms with Crippen molar-refractivity contribution in [2.24, 2.45) is 5.73 Å². The van der Waals surface area contributed by atoms with Crippen LogP contribution in [-0.4, -0.2) is 37.3 Å². The van der Waals surface area contributed by atoms with E-state index < -0.39 is 17.7 Å². The second-order valence-electron chi connectivity index (χ2n) is 8.78. The standard InChI is InChI=1S/C24H37N5O2S/c1-9-18(10-2)29-12-14(4)20-22(29)26-16(6)21(28-20)15(5)13(3)11-19(32)23(30)27-17(7)24(8,25)31/h11-12,17-18,31-32H,9-10,25H2,1-8H3,(H,27,30)/b15-13+,19-11-. The molecule has 2 aromatic rings. The van der Waals surface area contributed by atoms with E-state index in [2.05, 4.69) is 49.5 Å². The van der Waals surface area contributed by atoms with Crippen molar-refractivity contribution in [3.8, 4) is 0 Å². The molecule has 2 aromatic heterocycles. The number of aromatic nitrogens is 3. The molecule has 7 nitrogen and oxygen atoms in total. The van der Waals surface area contributed by atoms with Crippen molar-refractivity contribution in [2.45, 2.75) is 86.0 Å². The molecule has 0 fully saturated rings. The Balaban J connectivity index is 2.44. The van der Waals surface area contributed by atoms with Crippen LogP contribution in [0.15, 0.2) is 22.8 Å². The molecule has 4 N–H and O–H groups in total. The quantitative estimate of drug-likeness (QED) is 0.205. The van der Waals surface area contributed by atoms with Gasteiger partial charge >= 0.3 is 0 Å². The topological polar surface area (TPSA) is 106 Å². The first-order chi connectivity index (χ1) is 14.8. The highest BCUT2D eigenvalue weighted by atomic mass is 32.1. The van der Waals surface area contributed by atoms with Crippen LogP contribution in [0.1, 0.15) is 77.4 Å². The number of hydrogen-bond donors (Lipinski definition) is 4. The summed E-state index contributed by atoms with van der Waals surface area (Å²) >= 11 is 4.34. The zero-order valence-electron chi connectivity index (χ0n) is 20.4. The fourth-order valence-corrected chi connectivity index (χ4v) is 3.84. The fraction of sp³-hybridized carbons (Fsp3) is 0.542. The summed E-state index contributed by atoms with van der Waals surface area (Å²) in [5, 5.41) is 12.5. The van der Waals surface area contributed by atoms with Gasteiger partial charge in [-0.1, -0.05) is 13.8 Å². The number of thiol groups is 1.